The largest absolute Gasteiger partial charge is 0.467 e. The van der Waals surface area contributed by atoms with Crippen LogP contribution in [0.2, 0.25) is 0 Å². The number of nitrogens with one attached hydrogen (secondary N) is 2. The fourth-order valence-electron chi connectivity index (χ4n) is 1.97. The summed E-state index contributed by atoms with van der Waals surface area (Å²) >= 11 is 3.15. The Labute approximate surface area is 150 Å². The van der Waals surface area contributed by atoms with Crippen molar-refractivity contribution in [2.24, 2.45) is 5.92 Å². The van der Waals surface area contributed by atoms with Crippen molar-refractivity contribution in [2.45, 2.75) is 31.2 Å². The number of carbonyl (C=O) groups excluding carboxylic acids is 2. The molecule has 0 aromatic heterocycles. The number of methoxy groups -OCH3 is 1. The van der Waals surface area contributed by atoms with Gasteiger partial charge in [-0.25, -0.2) is 17.9 Å². The van der Waals surface area contributed by atoms with Crippen molar-refractivity contribution in [3.05, 3.63) is 28.7 Å². The molecule has 0 aliphatic rings. The lowest BCUT2D eigenvalue weighted by Crippen LogP contribution is -2.46. The second kappa shape index (κ2) is 9.14. The van der Waals surface area contributed by atoms with Crippen LogP contribution in [0.5, 0.6) is 0 Å². The van der Waals surface area contributed by atoms with Gasteiger partial charge in [-0.05, 0) is 40.4 Å². The minimum Gasteiger partial charge on any atom is -0.467 e. The first-order valence-electron chi connectivity index (χ1n) is 7.28. The highest BCUT2D eigenvalue weighted by atomic mass is 79.9. The number of rotatable bonds is 8. The van der Waals surface area contributed by atoms with Crippen LogP contribution >= 0.6 is 15.9 Å². The third-order valence-electron chi connectivity index (χ3n) is 3.08. The molecule has 0 heterocycles. The van der Waals surface area contributed by atoms with Gasteiger partial charge in [-0.3, -0.25) is 4.79 Å². The van der Waals surface area contributed by atoms with E-state index in [0.717, 1.165) is 0 Å². The van der Waals surface area contributed by atoms with Crippen molar-refractivity contribution < 1.29 is 22.7 Å². The molecule has 2 N–H and O–H groups in total. The molecular weight excluding hydrogens is 400 g/mol. The maximum Gasteiger partial charge on any atom is 0.328 e. The quantitative estimate of drug-likeness (QED) is 0.619. The Morgan fingerprint density at radius 3 is 2.42 bits per heavy atom. The van der Waals surface area contributed by atoms with Crippen LogP contribution in [-0.2, 0) is 24.3 Å². The van der Waals surface area contributed by atoms with Crippen LogP contribution in [0.1, 0.15) is 20.3 Å². The molecule has 0 fully saturated rings. The molecule has 9 heteroatoms. The Morgan fingerprint density at radius 1 is 1.25 bits per heavy atom. The molecule has 1 atom stereocenters. The lowest BCUT2D eigenvalue weighted by molar-refractivity contribution is -0.145. The van der Waals surface area contributed by atoms with E-state index < -0.39 is 34.5 Å². The smallest absolute Gasteiger partial charge is 0.328 e. The summed E-state index contributed by atoms with van der Waals surface area (Å²) < 4.78 is 31.6. The molecule has 0 spiro atoms. The zero-order valence-electron chi connectivity index (χ0n) is 13.7. The first-order chi connectivity index (χ1) is 11.2. The van der Waals surface area contributed by atoms with Gasteiger partial charge in [0.25, 0.3) is 0 Å². The minimum absolute atomic E-state index is 0.0319. The third kappa shape index (κ3) is 6.21. The molecule has 0 aliphatic carbocycles. The van der Waals surface area contributed by atoms with E-state index in [0.29, 0.717) is 10.9 Å². The predicted molar refractivity (Wildman–Crippen MR) is 92.7 cm³/mol. The van der Waals surface area contributed by atoms with E-state index in [9.17, 15) is 18.0 Å². The summed E-state index contributed by atoms with van der Waals surface area (Å²) in [5.74, 6) is -1.02. The van der Waals surface area contributed by atoms with Crippen LogP contribution in [0.15, 0.2) is 33.6 Å². The lowest BCUT2D eigenvalue weighted by Gasteiger charge is -2.18. The Hall–Kier alpha value is -1.45. The fourth-order valence-corrected chi connectivity index (χ4v) is 3.96. The number of amides is 1. The highest BCUT2D eigenvalue weighted by Gasteiger charge is 2.24. The highest BCUT2D eigenvalue weighted by molar-refractivity contribution is 9.10. The summed E-state index contributed by atoms with van der Waals surface area (Å²) in [7, 11) is -2.61. The number of benzene rings is 1. The van der Waals surface area contributed by atoms with Gasteiger partial charge in [-0.1, -0.05) is 26.0 Å². The zero-order chi connectivity index (χ0) is 18.3. The molecule has 1 aromatic carbocycles. The van der Waals surface area contributed by atoms with Crippen LogP contribution in [0, 0.1) is 5.92 Å². The standard InChI is InChI=1S/C15H21BrN2O5S/c1-10(2)8-12(15(20)23-3)18-14(19)9-17-24(21,22)13-7-5-4-6-11(13)16/h4-7,10,12,17H,8-9H2,1-3H3,(H,18,19). The Morgan fingerprint density at radius 2 is 1.88 bits per heavy atom. The van der Waals surface area contributed by atoms with Gasteiger partial charge in [0.05, 0.1) is 18.6 Å². The number of ether oxygens (including phenoxy) is 1. The topological polar surface area (TPSA) is 102 Å². The Balaban J connectivity index is 2.70. The van der Waals surface area contributed by atoms with Gasteiger partial charge in [-0.15, -0.1) is 0 Å². The number of hydrogen-bond acceptors (Lipinski definition) is 5. The summed E-state index contributed by atoms with van der Waals surface area (Å²) in [4.78, 5) is 23.7. The van der Waals surface area contributed by atoms with Crippen molar-refractivity contribution in [1.82, 2.24) is 10.0 Å². The number of carbonyl (C=O) groups is 2. The van der Waals surface area contributed by atoms with E-state index in [-0.39, 0.29) is 10.8 Å². The highest BCUT2D eigenvalue weighted by Crippen LogP contribution is 2.20. The van der Waals surface area contributed by atoms with Crippen molar-refractivity contribution in [3.8, 4) is 0 Å². The van der Waals surface area contributed by atoms with Crippen molar-refractivity contribution >= 4 is 37.8 Å². The molecule has 0 radical (unpaired) electrons. The van der Waals surface area contributed by atoms with Crippen LogP contribution in [-0.4, -0.2) is 40.0 Å². The molecule has 134 valence electrons. The molecule has 0 aliphatic heterocycles. The van der Waals surface area contributed by atoms with Crippen LogP contribution in [0.3, 0.4) is 0 Å². The molecule has 0 bridgehead atoms. The summed E-state index contributed by atoms with van der Waals surface area (Å²) in [5, 5.41) is 2.49. The molecule has 0 saturated carbocycles. The fraction of sp³-hybridized carbons (Fsp3) is 0.467. The molecule has 7 nitrogen and oxygen atoms in total. The Bertz CT molecular complexity index is 691. The van der Waals surface area contributed by atoms with Crippen LogP contribution < -0.4 is 10.0 Å². The van der Waals surface area contributed by atoms with Gasteiger partial charge < -0.3 is 10.1 Å². The van der Waals surface area contributed by atoms with E-state index in [1.54, 1.807) is 18.2 Å². The molecular formula is C15H21BrN2O5S. The molecule has 1 unspecified atom stereocenters. The van der Waals surface area contributed by atoms with Crippen LogP contribution in [0.25, 0.3) is 0 Å². The number of esters is 1. The molecule has 0 saturated heterocycles. The van der Waals surface area contributed by atoms with Crippen molar-refractivity contribution in [2.75, 3.05) is 13.7 Å². The van der Waals surface area contributed by atoms with Gasteiger partial charge in [0.2, 0.25) is 15.9 Å². The maximum atomic E-state index is 12.2. The maximum absolute atomic E-state index is 12.2. The van der Waals surface area contributed by atoms with E-state index >= 15 is 0 Å². The molecule has 24 heavy (non-hydrogen) atoms. The first-order valence-corrected chi connectivity index (χ1v) is 9.56. The predicted octanol–water partition coefficient (Wildman–Crippen LogP) is 1.43. The van der Waals surface area contributed by atoms with Crippen molar-refractivity contribution in [3.63, 3.8) is 0 Å². The summed E-state index contributed by atoms with van der Waals surface area (Å²) in [6, 6.07) is 5.46. The molecule has 1 amide bonds. The van der Waals surface area contributed by atoms with E-state index in [1.165, 1.54) is 13.2 Å². The van der Waals surface area contributed by atoms with Gasteiger partial charge in [0.1, 0.15) is 6.04 Å². The SMILES string of the molecule is COC(=O)C(CC(C)C)NC(=O)CNS(=O)(=O)c1ccccc1Br. The third-order valence-corrected chi connectivity index (χ3v) is 5.49. The average molecular weight is 421 g/mol. The number of sulfonamides is 1. The number of hydrogen-bond donors (Lipinski definition) is 2. The Kier molecular flexibility index (Phi) is 7.85. The molecule has 1 aromatic rings. The first kappa shape index (κ1) is 20.6. The summed E-state index contributed by atoms with van der Waals surface area (Å²) in [6.45, 7) is 3.32. The second-order valence-corrected chi connectivity index (χ2v) is 8.12. The monoisotopic (exact) mass is 420 g/mol. The zero-order valence-corrected chi connectivity index (χ0v) is 16.1. The van der Waals surface area contributed by atoms with Gasteiger partial charge in [-0.2, -0.15) is 0 Å². The average Bonchev–Trinajstić information content (AvgIpc) is 2.51. The van der Waals surface area contributed by atoms with Crippen molar-refractivity contribution in [1.29, 1.82) is 0 Å². The molecule has 1 rings (SSSR count). The minimum atomic E-state index is -3.84. The summed E-state index contributed by atoms with van der Waals surface area (Å²) in [5.41, 5.74) is 0. The number of halogens is 1. The van der Waals surface area contributed by atoms with E-state index in [2.05, 4.69) is 30.7 Å². The lowest BCUT2D eigenvalue weighted by atomic mass is 10.0. The second-order valence-electron chi connectivity index (χ2n) is 5.53. The van der Waals surface area contributed by atoms with E-state index in [1.807, 2.05) is 13.8 Å². The normalized spacial score (nSPS) is 12.7. The van der Waals surface area contributed by atoms with Gasteiger partial charge in [0.15, 0.2) is 0 Å². The van der Waals surface area contributed by atoms with E-state index in [4.69, 9.17) is 0 Å². The van der Waals surface area contributed by atoms with Gasteiger partial charge in [0, 0.05) is 4.47 Å². The summed E-state index contributed by atoms with van der Waals surface area (Å²) in [6.07, 6.45) is 0.398. The van der Waals surface area contributed by atoms with Crippen LogP contribution in [0.4, 0.5) is 0 Å². The van der Waals surface area contributed by atoms with Gasteiger partial charge >= 0.3 is 5.97 Å².